The zero-order chi connectivity index (χ0) is 9.90. The molecule has 0 aliphatic heterocycles. The third kappa shape index (κ3) is 2.06. The van der Waals surface area contributed by atoms with E-state index in [2.05, 4.69) is 20.7 Å². The Balaban J connectivity index is 3.00. The van der Waals surface area contributed by atoms with Crippen molar-refractivity contribution in [1.82, 2.24) is 0 Å². The second kappa shape index (κ2) is 3.87. The van der Waals surface area contributed by atoms with E-state index in [1.807, 2.05) is 0 Å². The van der Waals surface area contributed by atoms with Crippen LogP contribution in [-0.2, 0) is 14.1 Å². The molecule has 0 N–H and O–H groups in total. The van der Waals surface area contributed by atoms with Gasteiger partial charge in [0.1, 0.15) is 0 Å². The molecule has 0 radical (unpaired) electrons. The van der Waals surface area contributed by atoms with Crippen LogP contribution in [0.2, 0.25) is 0 Å². The average molecular weight is 247 g/mol. The van der Waals surface area contributed by atoms with Crippen LogP contribution in [0.1, 0.15) is 5.56 Å². The summed E-state index contributed by atoms with van der Waals surface area (Å²) in [6.45, 7) is 0. The van der Waals surface area contributed by atoms with E-state index in [1.54, 1.807) is 18.2 Å². The molecule has 0 saturated heterocycles. The minimum absolute atomic E-state index is 0.224. The molecule has 0 aliphatic carbocycles. The molecule has 0 fully saturated rings. The fourth-order valence-corrected chi connectivity index (χ4v) is 1.32. The molecule has 0 aromatic heterocycles. The van der Waals surface area contributed by atoms with Gasteiger partial charge >= 0.3 is 5.97 Å². The smallest absolute Gasteiger partial charge is 0.359 e. The number of methoxy groups -OCH3 is 1. The number of rotatable bonds is 2. The van der Waals surface area contributed by atoms with Crippen LogP contribution in [0.15, 0.2) is 30.3 Å². The lowest BCUT2D eigenvalue weighted by Crippen LogP contribution is -2.25. The topological polar surface area (TPSA) is 26.3 Å². The second-order valence-electron chi connectivity index (χ2n) is 2.43. The van der Waals surface area contributed by atoms with E-state index in [0.29, 0.717) is 0 Å². The first-order valence-electron chi connectivity index (χ1n) is 3.61. The SMILES string of the molecule is COC(=O)C(F)(Br)c1ccccc1. The van der Waals surface area contributed by atoms with Gasteiger partial charge in [0.15, 0.2) is 0 Å². The Morgan fingerprint density at radius 3 is 2.46 bits per heavy atom. The molecule has 1 unspecified atom stereocenters. The molecule has 0 saturated carbocycles. The highest BCUT2D eigenvalue weighted by molar-refractivity contribution is 9.10. The normalized spacial score (nSPS) is 14.7. The molecule has 1 aromatic carbocycles. The highest BCUT2D eigenvalue weighted by atomic mass is 79.9. The summed E-state index contributed by atoms with van der Waals surface area (Å²) in [5.74, 6) is -0.960. The highest BCUT2D eigenvalue weighted by Gasteiger charge is 2.38. The van der Waals surface area contributed by atoms with E-state index in [-0.39, 0.29) is 5.56 Å². The summed E-state index contributed by atoms with van der Waals surface area (Å²) in [6.07, 6.45) is 0. The first-order valence-corrected chi connectivity index (χ1v) is 4.40. The zero-order valence-corrected chi connectivity index (χ0v) is 8.55. The van der Waals surface area contributed by atoms with Crippen molar-refractivity contribution in [3.8, 4) is 0 Å². The highest BCUT2D eigenvalue weighted by Crippen LogP contribution is 2.33. The number of halogens is 2. The largest absolute Gasteiger partial charge is 0.466 e. The van der Waals surface area contributed by atoms with Gasteiger partial charge in [-0.1, -0.05) is 30.3 Å². The number of esters is 1. The Bertz CT molecular complexity index is 298. The molecule has 2 nitrogen and oxygen atoms in total. The van der Waals surface area contributed by atoms with E-state index in [0.717, 1.165) is 7.11 Å². The van der Waals surface area contributed by atoms with Crippen molar-refractivity contribution in [2.75, 3.05) is 7.11 Å². The number of carbonyl (C=O) groups excluding carboxylic acids is 1. The molecular formula is C9H8BrFO2. The number of carbonyl (C=O) groups is 1. The molecule has 0 spiro atoms. The van der Waals surface area contributed by atoms with Crippen molar-refractivity contribution < 1.29 is 13.9 Å². The first-order chi connectivity index (χ1) is 6.09. The quantitative estimate of drug-likeness (QED) is 0.592. The molecule has 4 heteroatoms. The summed E-state index contributed by atoms with van der Waals surface area (Å²) in [6, 6.07) is 8.04. The summed E-state index contributed by atoms with van der Waals surface area (Å²) < 4.78 is 15.7. The minimum Gasteiger partial charge on any atom is -0.466 e. The van der Waals surface area contributed by atoms with Crippen LogP contribution >= 0.6 is 15.9 Å². The summed E-state index contributed by atoms with van der Waals surface area (Å²) in [7, 11) is 1.14. The van der Waals surface area contributed by atoms with Gasteiger partial charge in [-0.3, -0.25) is 0 Å². The van der Waals surface area contributed by atoms with Crippen LogP contribution in [-0.4, -0.2) is 13.1 Å². The van der Waals surface area contributed by atoms with E-state index in [9.17, 15) is 9.18 Å². The maximum absolute atomic E-state index is 13.7. The number of alkyl halides is 2. The van der Waals surface area contributed by atoms with E-state index < -0.39 is 10.5 Å². The maximum atomic E-state index is 13.7. The van der Waals surface area contributed by atoms with Gasteiger partial charge in [0.25, 0.3) is 4.58 Å². The fourth-order valence-electron chi connectivity index (χ4n) is 0.894. The third-order valence-electron chi connectivity index (χ3n) is 1.58. The molecule has 0 heterocycles. The van der Waals surface area contributed by atoms with Gasteiger partial charge in [0.2, 0.25) is 0 Å². The molecule has 1 aromatic rings. The molecule has 70 valence electrons. The van der Waals surface area contributed by atoms with Crippen LogP contribution < -0.4 is 0 Å². The van der Waals surface area contributed by atoms with Crippen LogP contribution in [0, 0.1) is 0 Å². The summed E-state index contributed by atoms with van der Waals surface area (Å²) in [5, 5.41) is 0. The Kier molecular flexibility index (Phi) is 3.03. The molecule has 0 aliphatic rings. The average Bonchev–Trinajstić information content (AvgIpc) is 2.18. The van der Waals surface area contributed by atoms with Crippen LogP contribution in [0.25, 0.3) is 0 Å². The summed E-state index contributed by atoms with van der Waals surface area (Å²) in [4.78, 5) is 11.0. The van der Waals surface area contributed by atoms with Crippen LogP contribution in [0.5, 0.6) is 0 Å². The van der Waals surface area contributed by atoms with Crippen molar-refractivity contribution in [3.05, 3.63) is 35.9 Å². The van der Waals surface area contributed by atoms with E-state index >= 15 is 0 Å². The van der Waals surface area contributed by atoms with Crippen molar-refractivity contribution in [3.63, 3.8) is 0 Å². The molecule has 1 atom stereocenters. The number of benzene rings is 1. The zero-order valence-electron chi connectivity index (χ0n) is 6.96. The van der Waals surface area contributed by atoms with Crippen molar-refractivity contribution in [2.45, 2.75) is 4.58 Å². The van der Waals surface area contributed by atoms with E-state index in [4.69, 9.17) is 0 Å². The van der Waals surface area contributed by atoms with Gasteiger partial charge in [-0.2, -0.15) is 0 Å². The molecule has 13 heavy (non-hydrogen) atoms. The lowest BCUT2D eigenvalue weighted by Gasteiger charge is -2.15. The lowest BCUT2D eigenvalue weighted by molar-refractivity contribution is -0.148. The van der Waals surface area contributed by atoms with Gasteiger partial charge in [-0.15, -0.1) is 0 Å². The van der Waals surface area contributed by atoms with Crippen molar-refractivity contribution in [1.29, 1.82) is 0 Å². The van der Waals surface area contributed by atoms with Gasteiger partial charge < -0.3 is 4.74 Å². The Labute approximate surface area is 83.8 Å². The molecule has 0 bridgehead atoms. The predicted octanol–water partition coefficient (Wildman–Crippen LogP) is 2.38. The second-order valence-corrected chi connectivity index (χ2v) is 3.52. The number of ether oxygens (including phenoxy) is 1. The van der Waals surface area contributed by atoms with Gasteiger partial charge in [-0.05, 0) is 15.9 Å². The van der Waals surface area contributed by atoms with Gasteiger partial charge in [0.05, 0.1) is 7.11 Å². The van der Waals surface area contributed by atoms with Gasteiger partial charge in [-0.25, -0.2) is 9.18 Å². The van der Waals surface area contributed by atoms with Crippen LogP contribution in [0.3, 0.4) is 0 Å². The van der Waals surface area contributed by atoms with Crippen LogP contribution in [0.4, 0.5) is 4.39 Å². The Hall–Kier alpha value is -0.900. The number of hydrogen-bond donors (Lipinski definition) is 0. The molecule has 1 rings (SSSR count). The standard InChI is InChI=1S/C9H8BrFO2/c1-13-8(12)9(10,11)7-5-3-2-4-6-7/h2-6H,1H3. The minimum atomic E-state index is -2.25. The van der Waals surface area contributed by atoms with E-state index in [1.165, 1.54) is 12.1 Å². The molecular weight excluding hydrogens is 239 g/mol. The number of hydrogen-bond acceptors (Lipinski definition) is 2. The predicted molar refractivity (Wildman–Crippen MR) is 50.2 cm³/mol. The summed E-state index contributed by atoms with van der Waals surface area (Å²) >= 11 is 2.67. The third-order valence-corrected chi connectivity index (χ3v) is 2.36. The lowest BCUT2D eigenvalue weighted by atomic mass is 10.1. The van der Waals surface area contributed by atoms with Crippen molar-refractivity contribution >= 4 is 21.9 Å². The maximum Gasteiger partial charge on any atom is 0.359 e. The fraction of sp³-hybridized carbons (Fsp3) is 0.222. The van der Waals surface area contributed by atoms with Crippen molar-refractivity contribution in [2.24, 2.45) is 0 Å². The monoisotopic (exact) mass is 246 g/mol. The molecule has 0 amide bonds. The summed E-state index contributed by atoms with van der Waals surface area (Å²) in [5.41, 5.74) is 0.224. The van der Waals surface area contributed by atoms with Gasteiger partial charge in [0, 0.05) is 5.56 Å². The Morgan fingerprint density at radius 1 is 1.46 bits per heavy atom. The first kappa shape index (κ1) is 10.2. The Morgan fingerprint density at radius 2 is 2.00 bits per heavy atom.